The van der Waals surface area contributed by atoms with E-state index in [-0.39, 0.29) is 5.41 Å². The van der Waals surface area contributed by atoms with Gasteiger partial charge in [0.2, 0.25) is 0 Å². The molecule has 1 aliphatic carbocycles. The summed E-state index contributed by atoms with van der Waals surface area (Å²) in [5, 5.41) is 2.42. The molecule has 0 saturated heterocycles. The molecule has 0 atom stereocenters. The summed E-state index contributed by atoms with van der Waals surface area (Å²) >= 11 is 0. The number of rotatable bonds is 5. The van der Waals surface area contributed by atoms with Crippen molar-refractivity contribution in [2.75, 3.05) is 0 Å². The summed E-state index contributed by atoms with van der Waals surface area (Å²) in [6, 6.07) is 54.3. The molecule has 0 amide bonds. The molecule has 0 spiro atoms. The molecule has 0 unspecified atom stereocenters. The molecule has 3 heterocycles. The highest BCUT2D eigenvalue weighted by Gasteiger charge is 2.35. The Morgan fingerprint density at radius 3 is 2.04 bits per heavy atom. The first-order valence-electron chi connectivity index (χ1n) is 17.7. The zero-order valence-corrected chi connectivity index (χ0v) is 29.0. The minimum atomic E-state index is -0.0492. The van der Waals surface area contributed by atoms with Crippen molar-refractivity contribution >= 4 is 21.9 Å². The highest BCUT2D eigenvalue weighted by molar-refractivity contribution is 5.91. The summed E-state index contributed by atoms with van der Waals surface area (Å²) in [6.45, 7) is 4.65. The second kappa shape index (κ2) is 11.7. The Morgan fingerprint density at radius 1 is 0.481 bits per heavy atom. The van der Waals surface area contributed by atoms with E-state index in [4.69, 9.17) is 9.97 Å². The molecule has 0 saturated carbocycles. The Morgan fingerprint density at radius 2 is 1.19 bits per heavy atom. The topological polar surface area (TPSA) is 43.6 Å². The third-order valence-electron chi connectivity index (χ3n) is 10.7. The van der Waals surface area contributed by atoms with Gasteiger partial charge in [-0.1, -0.05) is 111 Å². The number of imidazole rings is 1. The van der Waals surface area contributed by atoms with Crippen molar-refractivity contribution in [3.8, 4) is 61.6 Å². The molecule has 4 heteroatoms. The minimum Gasteiger partial charge on any atom is -0.277 e. The Hall–Kier alpha value is -6.65. The number of fused-ring (bicyclic) bond motifs is 5. The van der Waals surface area contributed by atoms with E-state index in [2.05, 4.69) is 163 Å². The van der Waals surface area contributed by atoms with E-state index in [1.807, 2.05) is 30.7 Å². The quantitative estimate of drug-likeness (QED) is 0.184. The van der Waals surface area contributed by atoms with Crippen LogP contribution in [0.15, 0.2) is 170 Å². The molecule has 6 aromatic carbocycles. The maximum atomic E-state index is 5.37. The van der Waals surface area contributed by atoms with E-state index in [0.29, 0.717) is 0 Å². The van der Waals surface area contributed by atoms with E-state index in [0.717, 1.165) is 61.6 Å². The number of aromatic nitrogens is 4. The molecule has 1 aliphatic rings. The predicted octanol–water partition coefficient (Wildman–Crippen LogP) is 11.9. The van der Waals surface area contributed by atoms with Crippen molar-refractivity contribution in [3.05, 3.63) is 181 Å². The van der Waals surface area contributed by atoms with E-state index in [1.54, 1.807) is 0 Å². The van der Waals surface area contributed by atoms with Gasteiger partial charge in [-0.15, -0.1) is 0 Å². The Kier molecular flexibility index (Phi) is 6.80. The van der Waals surface area contributed by atoms with Gasteiger partial charge in [-0.3, -0.25) is 9.55 Å². The average Bonchev–Trinajstić information content (AvgIpc) is 3.70. The van der Waals surface area contributed by atoms with Crippen LogP contribution in [-0.4, -0.2) is 19.5 Å². The first-order valence-corrected chi connectivity index (χ1v) is 17.7. The lowest BCUT2D eigenvalue weighted by Crippen LogP contribution is -2.14. The summed E-state index contributed by atoms with van der Waals surface area (Å²) in [5.74, 6) is 0.837. The number of pyridine rings is 2. The predicted molar refractivity (Wildman–Crippen MR) is 213 cm³/mol. The smallest absolute Gasteiger partial charge is 0.164 e. The van der Waals surface area contributed by atoms with Crippen molar-refractivity contribution < 1.29 is 0 Å². The van der Waals surface area contributed by atoms with E-state index < -0.39 is 0 Å². The van der Waals surface area contributed by atoms with E-state index in [1.165, 1.54) is 33.0 Å². The third kappa shape index (κ3) is 4.87. The van der Waals surface area contributed by atoms with Crippen molar-refractivity contribution in [2.24, 2.45) is 0 Å². The normalized spacial score (nSPS) is 13.0. The highest BCUT2D eigenvalue weighted by atomic mass is 15.1. The van der Waals surface area contributed by atoms with Crippen molar-refractivity contribution in [1.29, 1.82) is 0 Å². The van der Waals surface area contributed by atoms with Crippen LogP contribution in [0.3, 0.4) is 0 Å². The molecular formula is C48H34N4. The molecule has 3 aromatic heterocycles. The lowest BCUT2D eigenvalue weighted by Gasteiger charge is -2.21. The second-order valence-corrected chi connectivity index (χ2v) is 14.2. The van der Waals surface area contributed by atoms with Crippen LogP contribution in [0.25, 0.3) is 83.5 Å². The van der Waals surface area contributed by atoms with E-state index >= 15 is 0 Å². The van der Waals surface area contributed by atoms with Crippen LogP contribution in [-0.2, 0) is 5.41 Å². The molecule has 246 valence electrons. The summed E-state index contributed by atoms with van der Waals surface area (Å²) in [4.78, 5) is 14.9. The lowest BCUT2D eigenvalue weighted by atomic mass is 9.82. The first-order chi connectivity index (χ1) is 25.5. The van der Waals surface area contributed by atoms with Gasteiger partial charge in [0.15, 0.2) is 5.65 Å². The molecular weight excluding hydrogens is 633 g/mol. The Bertz CT molecular complexity index is 2810. The molecule has 9 aromatic rings. The van der Waals surface area contributed by atoms with Crippen molar-refractivity contribution in [2.45, 2.75) is 19.3 Å². The maximum Gasteiger partial charge on any atom is 0.164 e. The number of nitrogens with zero attached hydrogens (tertiary/aromatic N) is 4. The Labute approximate surface area is 302 Å². The van der Waals surface area contributed by atoms with Gasteiger partial charge in [0.1, 0.15) is 11.3 Å². The molecule has 4 nitrogen and oxygen atoms in total. The fourth-order valence-electron chi connectivity index (χ4n) is 8.03. The van der Waals surface area contributed by atoms with Crippen LogP contribution in [0.5, 0.6) is 0 Å². The first kappa shape index (κ1) is 30.2. The molecule has 0 fully saturated rings. The van der Waals surface area contributed by atoms with Crippen LogP contribution >= 0.6 is 0 Å². The molecule has 0 aliphatic heterocycles. The molecule has 10 rings (SSSR count). The van der Waals surface area contributed by atoms with Gasteiger partial charge in [0, 0.05) is 46.4 Å². The van der Waals surface area contributed by atoms with Crippen LogP contribution in [0, 0.1) is 0 Å². The standard InChI is InChI=1S/C48H34N4/c1-48(2)43-17-9-8-16-41(43)42-27-34(20-21-44(42)48)36-24-37(35-13-10-22-49-29-35)26-38(25-36)46-51-45-28-39(33-19-18-31-11-6-7-12-32(31)23-33)30-50-47(45)52(46)40-14-4-3-5-15-40/h3-30H,1-2H3. The largest absolute Gasteiger partial charge is 0.277 e. The average molecular weight is 667 g/mol. The summed E-state index contributed by atoms with van der Waals surface area (Å²) < 4.78 is 2.19. The van der Waals surface area contributed by atoms with Crippen LogP contribution < -0.4 is 0 Å². The van der Waals surface area contributed by atoms with Crippen LogP contribution in [0.1, 0.15) is 25.0 Å². The van der Waals surface area contributed by atoms with Gasteiger partial charge < -0.3 is 0 Å². The van der Waals surface area contributed by atoms with Crippen molar-refractivity contribution in [3.63, 3.8) is 0 Å². The minimum absolute atomic E-state index is 0.0492. The molecule has 0 N–H and O–H groups in total. The van der Waals surface area contributed by atoms with Gasteiger partial charge in [0.05, 0.1) is 0 Å². The molecule has 52 heavy (non-hydrogen) atoms. The van der Waals surface area contributed by atoms with Gasteiger partial charge in [-0.25, -0.2) is 9.97 Å². The van der Waals surface area contributed by atoms with Crippen LogP contribution in [0.4, 0.5) is 0 Å². The summed E-state index contributed by atoms with van der Waals surface area (Å²) in [6.07, 6.45) is 5.72. The summed E-state index contributed by atoms with van der Waals surface area (Å²) in [5.41, 5.74) is 15.5. The van der Waals surface area contributed by atoms with Gasteiger partial charge in [-0.2, -0.15) is 0 Å². The fraction of sp³-hybridized carbons (Fsp3) is 0.0625. The van der Waals surface area contributed by atoms with Crippen molar-refractivity contribution in [1.82, 2.24) is 19.5 Å². The number of para-hydroxylation sites is 1. The zero-order chi connectivity index (χ0) is 34.8. The number of hydrogen-bond acceptors (Lipinski definition) is 3. The van der Waals surface area contributed by atoms with Gasteiger partial charge in [-0.05, 0) is 110 Å². The third-order valence-corrected chi connectivity index (χ3v) is 10.7. The molecule has 0 radical (unpaired) electrons. The fourth-order valence-corrected chi connectivity index (χ4v) is 8.03. The SMILES string of the molecule is CC1(C)c2ccccc2-c2cc(-c3cc(-c4cccnc4)cc(-c4nc5cc(-c6ccc7ccccc7c6)cnc5n4-c4ccccc4)c3)ccc21. The molecule has 0 bridgehead atoms. The Balaban J connectivity index is 1.18. The highest BCUT2D eigenvalue weighted by Crippen LogP contribution is 2.49. The number of benzene rings is 6. The van der Waals surface area contributed by atoms with Gasteiger partial charge in [0.25, 0.3) is 0 Å². The zero-order valence-electron chi connectivity index (χ0n) is 29.0. The van der Waals surface area contributed by atoms with E-state index in [9.17, 15) is 0 Å². The lowest BCUT2D eigenvalue weighted by molar-refractivity contribution is 0.660. The second-order valence-electron chi connectivity index (χ2n) is 14.2. The monoisotopic (exact) mass is 666 g/mol. The van der Waals surface area contributed by atoms with Crippen LogP contribution in [0.2, 0.25) is 0 Å². The van der Waals surface area contributed by atoms with Gasteiger partial charge >= 0.3 is 0 Å². The number of hydrogen-bond donors (Lipinski definition) is 0. The summed E-state index contributed by atoms with van der Waals surface area (Å²) in [7, 11) is 0. The maximum absolute atomic E-state index is 5.37.